The molecule has 0 radical (unpaired) electrons. The second-order valence-corrected chi connectivity index (χ2v) is 13.8. The van der Waals surface area contributed by atoms with Crippen LogP contribution >= 0.6 is 11.6 Å². The lowest BCUT2D eigenvalue weighted by molar-refractivity contribution is -0.524. The maximum atomic E-state index is 13.5. The summed E-state index contributed by atoms with van der Waals surface area (Å²) < 4.78 is 33.2. The van der Waals surface area contributed by atoms with Crippen molar-refractivity contribution in [3.63, 3.8) is 0 Å². The first-order chi connectivity index (χ1) is 23.7. The topological polar surface area (TPSA) is 55.9 Å². The Kier molecular flexibility index (Phi) is 11.3. The minimum atomic E-state index is -0.870. The van der Waals surface area contributed by atoms with Crippen molar-refractivity contribution >= 4 is 33.8 Å². The first-order valence-corrected chi connectivity index (χ1v) is 17.9. The molecule has 2 fully saturated rings. The van der Waals surface area contributed by atoms with Gasteiger partial charge in [0, 0.05) is 47.6 Å². The molecule has 1 N–H and O–H groups in total. The Morgan fingerprint density at radius 2 is 1.63 bits per heavy atom. The Hall–Kier alpha value is -3.40. The Bertz CT molecular complexity index is 1730. The molecule has 1 saturated heterocycles. The quantitative estimate of drug-likeness (QED) is 0.167. The highest BCUT2D eigenvalue weighted by Crippen LogP contribution is 2.53. The van der Waals surface area contributed by atoms with Gasteiger partial charge in [-0.3, -0.25) is 4.98 Å². The maximum Gasteiger partial charge on any atom is 0.202 e. The number of benzene rings is 3. The van der Waals surface area contributed by atoms with Crippen LogP contribution in [0.2, 0.25) is 5.02 Å². The van der Waals surface area contributed by atoms with E-state index in [-0.39, 0.29) is 17.7 Å². The number of ether oxygens (including phenoxy) is 1. The lowest BCUT2D eigenvalue weighted by Crippen LogP contribution is -2.53. The van der Waals surface area contributed by atoms with E-state index in [1.54, 1.807) is 24.3 Å². The second-order valence-electron chi connectivity index (χ2n) is 13.3. The van der Waals surface area contributed by atoms with Crippen molar-refractivity contribution in [2.45, 2.75) is 89.3 Å². The van der Waals surface area contributed by atoms with Gasteiger partial charge in [0.25, 0.3) is 0 Å². The van der Waals surface area contributed by atoms with E-state index in [9.17, 15) is 8.78 Å². The maximum absolute atomic E-state index is 13.5. The van der Waals surface area contributed by atoms with Crippen molar-refractivity contribution in [2.24, 2.45) is 0 Å². The molecule has 4 aromatic rings. The van der Waals surface area contributed by atoms with Crippen LogP contribution in [0.15, 0.2) is 85.1 Å². The van der Waals surface area contributed by atoms with Crippen molar-refractivity contribution in [2.75, 3.05) is 25.0 Å². The molecule has 1 saturated carbocycles. The molecule has 2 aliphatic carbocycles. The SMILES string of the molecule is CCN(CC)CCCC(C)Nc1ccnc2cc(Cl)ccc12.Fc1ccc(C2=C[C@@H]3OC4(CCCC4)OO[C@]3(c3ccc(F)cc3)C2)cc1. The number of pyridine rings is 1. The van der Waals surface area contributed by atoms with E-state index in [0.717, 1.165) is 83.5 Å². The summed E-state index contributed by atoms with van der Waals surface area (Å²) in [5.74, 6) is -1.28. The third-order valence-electron chi connectivity index (χ3n) is 9.98. The van der Waals surface area contributed by atoms with E-state index in [1.807, 2.05) is 36.5 Å². The van der Waals surface area contributed by atoms with E-state index in [4.69, 9.17) is 26.1 Å². The lowest BCUT2D eigenvalue weighted by atomic mass is 9.87. The van der Waals surface area contributed by atoms with Crippen LogP contribution in [0, 0.1) is 11.6 Å². The van der Waals surface area contributed by atoms with E-state index >= 15 is 0 Å². The Morgan fingerprint density at radius 3 is 2.33 bits per heavy atom. The Morgan fingerprint density at radius 1 is 0.939 bits per heavy atom. The highest BCUT2D eigenvalue weighted by Gasteiger charge is 2.57. The molecule has 1 spiro atoms. The first-order valence-electron chi connectivity index (χ1n) is 17.5. The number of hydrogen-bond acceptors (Lipinski definition) is 6. The van der Waals surface area contributed by atoms with Gasteiger partial charge < -0.3 is 15.0 Å². The minimum Gasteiger partial charge on any atom is -0.382 e. The zero-order valence-electron chi connectivity index (χ0n) is 28.6. The van der Waals surface area contributed by atoms with Gasteiger partial charge in [-0.1, -0.05) is 49.7 Å². The van der Waals surface area contributed by atoms with Gasteiger partial charge in [-0.15, -0.1) is 0 Å². The monoisotopic (exact) mass is 689 g/mol. The van der Waals surface area contributed by atoms with Crippen molar-refractivity contribution < 1.29 is 23.3 Å². The Labute approximate surface area is 293 Å². The van der Waals surface area contributed by atoms with Gasteiger partial charge >= 0.3 is 0 Å². The fraction of sp³-hybridized carbons (Fsp3) is 0.425. The first kappa shape index (κ1) is 35.4. The summed E-state index contributed by atoms with van der Waals surface area (Å²) in [5.41, 5.74) is 3.92. The van der Waals surface area contributed by atoms with Crippen LogP contribution in [-0.4, -0.2) is 47.5 Å². The number of halogens is 3. The summed E-state index contributed by atoms with van der Waals surface area (Å²) in [4.78, 5) is 18.7. The summed E-state index contributed by atoms with van der Waals surface area (Å²) in [6.07, 6.45) is 10.1. The fourth-order valence-corrected chi connectivity index (χ4v) is 7.30. The third kappa shape index (κ3) is 8.16. The largest absolute Gasteiger partial charge is 0.382 e. The molecule has 9 heteroatoms. The predicted octanol–water partition coefficient (Wildman–Crippen LogP) is 10.1. The zero-order valence-corrected chi connectivity index (χ0v) is 29.3. The van der Waals surface area contributed by atoms with Crippen molar-refractivity contribution in [1.82, 2.24) is 9.88 Å². The van der Waals surface area contributed by atoms with Gasteiger partial charge in [0.1, 0.15) is 17.7 Å². The molecule has 6 nitrogen and oxygen atoms in total. The summed E-state index contributed by atoms with van der Waals surface area (Å²) in [5, 5.41) is 5.47. The van der Waals surface area contributed by atoms with Crippen LogP contribution in [0.3, 0.4) is 0 Å². The molecule has 49 heavy (non-hydrogen) atoms. The van der Waals surface area contributed by atoms with Crippen LogP contribution in [0.5, 0.6) is 0 Å². The summed E-state index contributed by atoms with van der Waals surface area (Å²) in [6, 6.07) is 21.0. The molecular formula is C40H46ClF2N3O3. The van der Waals surface area contributed by atoms with Crippen LogP contribution in [0.1, 0.15) is 76.8 Å². The molecule has 3 aromatic carbocycles. The normalized spacial score (nSPS) is 21.7. The average molecular weight is 690 g/mol. The number of anilines is 1. The number of nitrogens with one attached hydrogen (secondary N) is 1. The zero-order chi connectivity index (χ0) is 34.4. The van der Waals surface area contributed by atoms with E-state index in [0.29, 0.717) is 12.5 Å². The fourth-order valence-electron chi connectivity index (χ4n) is 7.14. The van der Waals surface area contributed by atoms with Crippen molar-refractivity contribution in [3.8, 4) is 0 Å². The van der Waals surface area contributed by atoms with Gasteiger partial charge in [-0.05, 0) is 124 Å². The number of hydrogen-bond donors (Lipinski definition) is 1. The number of aromatic nitrogens is 1. The molecule has 2 heterocycles. The number of fused-ring (bicyclic) bond motifs is 2. The van der Waals surface area contributed by atoms with Crippen LogP contribution in [0.25, 0.3) is 16.5 Å². The molecule has 1 aliphatic heterocycles. The van der Waals surface area contributed by atoms with E-state index in [2.05, 4.69) is 36.0 Å². The summed E-state index contributed by atoms with van der Waals surface area (Å²) in [7, 11) is 0. The van der Waals surface area contributed by atoms with Crippen molar-refractivity contribution in [1.29, 1.82) is 0 Å². The van der Waals surface area contributed by atoms with Gasteiger partial charge in [0.05, 0.1) is 5.52 Å². The number of rotatable bonds is 10. The molecule has 1 unspecified atom stereocenters. The van der Waals surface area contributed by atoms with Crippen LogP contribution in [-0.2, 0) is 20.1 Å². The molecule has 3 atom stereocenters. The van der Waals surface area contributed by atoms with Crippen molar-refractivity contribution in [3.05, 3.63) is 113 Å². The standard InChI is InChI=1S/C22H20F2O3.C18H26ClN3/c23-18-7-3-15(4-8-18)16-13-20-22(14-16,17-5-9-19(24)10-6-17)27-26-21(25-20)11-1-2-12-21;1-4-22(5-2)12-6-7-14(3)21-17-10-11-20-18-13-15(19)8-9-16(17)18/h3-10,13,20H,1-2,11-12,14H2;8-11,13-14H,4-7,12H2,1-3H3,(H,20,21)/t20-,22-;/m0./s1. The second kappa shape index (κ2) is 15.7. The van der Waals surface area contributed by atoms with Gasteiger partial charge in [0.15, 0.2) is 5.60 Å². The molecule has 260 valence electrons. The van der Waals surface area contributed by atoms with E-state index in [1.165, 1.54) is 37.2 Å². The van der Waals surface area contributed by atoms with E-state index < -0.39 is 11.4 Å². The predicted molar refractivity (Wildman–Crippen MR) is 192 cm³/mol. The molecule has 3 aliphatic rings. The highest BCUT2D eigenvalue weighted by molar-refractivity contribution is 6.31. The smallest absolute Gasteiger partial charge is 0.202 e. The van der Waals surface area contributed by atoms with Gasteiger partial charge in [-0.2, -0.15) is 0 Å². The minimum absolute atomic E-state index is 0.274. The van der Waals surface area contributed by atoms with Gasteiger partial charge in [0.2, 0.25) is 5.79 Å². The lowest BCUT2D eigenvalue weighted by Gasteiger charge is -2.45. The molecule has 0 amide bonds. The third-order valence-corrected chi connectivity index (χ3v) is 10.2. The molecule has 1 aromatic heterocycles. The van der Waals surface area contributed by atoms with Gasteiger partial charge in [-0.25, -0.2) is 18.6 Å². The highest BCUT2D eigenvalue weighted by atomic mass is 35.5. The molecule has 7 rings (SSSR count). The average Bonchev–Trinajstić information content (AvgIpc) is 3.73. The summed E-state index contributed by atoms with van der Waals surface area (Å²) in [6.45, 7) is 10.1. The molecular weight excluding hydrogens is 644 g/mol. The Balaban J connectivity index is 0.000000174. The molecule has 0 bridgehead atoms. The van der Waals surface area contributed by atoms with Crippen LogP contribution in [0.4, 0.5) is 14.5 Å². The summed E-state index contributed by atoms with van der Waals surface area (Å²) >= 11 is 6.04. The van der Waals surface area contributed by atoms with Crippen LogP contribution < -0.4 is 5.32 Å². The number of nitrogens with zero attached hydrogens (tertiary/aromatic N) is 2.